The van der Waals surface area contributed by atoms with Crippen molar-refractivity contribution in [2.45, 2.75) is 38.3 Å². The molecule has 124 valence electrons. The van der Waals surface area contributed by atoms with Crippen LogP contribution in [0.4, 0.5) is 0 Å². The molecule has 1 atom stereocenters. The van der Waals surface area contributed by atoms with Crippen LogP contribution in [0.15, 0.2) is 24.3 Å². The zero-order chi connectivity index (χ0) is 16.4. The lowest BCUT2D eigenvalue weighted by Gasteiger charge is -2.39. The van der Waals surface area contributed by atoms with E-state index in [4.69, 9.17) is 0 Å². The van der Waals surface area contributed by atoms with Gasteiger partial charge in [0.1, 0.15) is 5.75 Å². The van der Waals surface area contributed by atoms with E-state index in [1.54, 1.807) is 18.2 Å². The van der Waals surface area contributed by atoms with E-state index in [0.717, 1.165) is 12.1 Å². The molecule has 1 heterocycles. The lowest BCUT2D eigenvalue weighted by Crippen LogP contribution is -2.48. The van der Waals surface area contributed by atoms with Crippen molar-refractivity contribution in [3.05, 3.63) is 29.8 Å². The summed E-state index contributed by atoms with van der Waals surface area (Å²) in [6, 6.07) is 7.15. The van der Waals surface area contributed by atoms with Crippen LogP contribution in [0.1, 0.15) is 38.3 Å². The second-order valence-corrected chi connectivity index (χ2v) is 8.51. The Labute approximate surface area is 132 Å². The number of likely N-dealkylation sites (N-methyl/N-ethyl adjacent to an activating group) is 1. The number of aliphatic hydroxyl groups is 1. The highest BCUT2D eigenvalue weighted by Crippen LogP contribution is 2.29. The Hall–Kier alpha value is -1.11. The van der Waals surface area contributed by atoms with Crippen LogP contribution in [0, 0.1) is 0 Å². The van der Waals surface area contributed by atoms with Crippen molar-refractivity contribution in [3.8, 4) is 5.75 Å². The van der Waals surface area contributed by atoms with Gasteiger partial charge in [-0.1, -0.05) is 19.1 Å². The van der Waals surface area contributed by atoms with Crippen molar-refractivity contribution < 1.29 is 18.6 Å². The van der Waals surface area contributed by atoms with E-state index < -0.39 is 15.4 Å². The molecule has 0 aliphatic carbocycles. The minimum atomic E-state index is -2.99. The summed E-state index contributed by atoms with van der Waals surface area (Å²) in [7, 11) is -2.99. The van der Waals surface area contributed by atoms with Crippen LogP contribution >= 0.6 is 0 Å². The van der Waals surface area contributed by atoms with Crippen molar-refractivity contribution in [1.29, 1.82) is 0 Å². The molecule has 1 unspecified atom stereocenters. The van der Waals surface area contributed by atoms with Crippen molar-refractivity contribution in [1.82, 2.24) is 4.90 Å². The van der Waals surface area contributed by atoms with Crippen LogP contribution in [-0.4, -0.2) is 53.7 Å². The van der Waals surface area contributed by atoms with E-state index in [0.29, 0.717) is 19.4 Å². The molecule has 0 aromatic heterocycles. The predicted octanol–water partition coefficient (Wildman–Crippen LogP) is 1.71. The monoisotopic (exact) mass is 327 g/mol. The maximum atomic E-state index is 11.5. The Morgan fingerprint density at radius 1 is 1.32 bits per heavy atom. The van der Waals surface area contributed by atoms with Gasteiger partial charge in [-0.05, 0) is 44.0 Å². The van der Waals surface area contributed by atoms with Gasteiger partial charge in [0.05, 0.1) is 17.1 Å². The SMILES string of the molecule is CCN(CC1(O)CCS(=O)(=O)CC1)C(C)c1cccc(O)c1. The number of benzene rings is 1. The van der Waals surface area contributed by atoms with Crippen LogP contribution in [0.3, 0.4) is 0 Å². The summed E-state index contributed by atoms with van der Waals surface area (Å²) in [6.07, 6.45) is 0.581. The fourth-order valence-corrected chi connectivity index (χ4v) is 4.56. The first-order valence-corrected chi connectivity index (χ1v) is 9.53. The van der Waals surface area contributed by atoms with Gasteiger partial charge in [0, 0.05) is 12.6 Å². The van der Waals surface area contributed by atoms with E-state index in [1.165, 1.54) is 0 Å². The third kappa shape index (κ3) is 4.21. The molecule has 1 aliphatic rings. The van der Waals surface area contributed by atoms with Gasteiger partial charge in [-0.3, -0.25) is 4.90 Å². The predicted molar refractivity (Wildman–Crippen MR) is 86.6 cm³/mol. The number of sulfone groups is 1. The molecule has 22 heavy (non-hydrogen) atoms. The fraction of sp³-hybridized carbons (Fsp3) is 0.625. The second kappa shape index (κ2) is 6.56. The summed E-state index contributed by atoms with van der Waals surface area (Å²) in [5.41, 5.74) is 0.0285. The summed E-state index contributed by atoms with van der Waals surface area (Å²) in [6.45, 7) is 5.23. The highest BCUT2D eigenvalue weighted by Gasteiger charge is 2.37. The average molecular weight is 327 g/mol. The molecule has 1 aromatic rings. The largest absolute Gasteiger partial charge is 0.508 e. The molecule has 0 radical (unpaired) electrons. The van der Waals surface area contributed by atoms with E-state index in [1.807, 2.05) is 19.9 Å². The average Bonchev–Trinajstić information content (AvgIpc) is 2.48. The first kappa shape index (κ1) is 17.2. The first-order chi connectivity index (χ1) is 10.2. The lowest BCUT2D eigenvalue weighted by atomic mass is 9.94. The molecule has 2 rings (SSSR count). The normalized spacial score (nSPS) is 21.6. The zero-order valence-corrected chi connectivity index (χ0v) is 14.0. The standard InChI is InChI=1S/C16H25NO4S/c1-3-17(13(2)14-5-4-6-15(18)11-14)12-16(19)7-9-22(20,21)10-8-16/h4-6,11,13,18-19H,3,7-10,12H2,1-2H3. The number of hydrogen-bond donors (Lipinski definition) is 2. The van der Waals surface area contributed by atoms with Gasteiger partial charge in [0.25, 0.3) is 0 Å². The minimum Gasteiger partial charge on any atom is -0.508 e. The smallest absolute Gasteiger partial charge is 0.150 e. The maximum Gasteiger partial charge on any atom is 0.150 e. The topological polar surface area (TPSA) is 77.8 Å². The van der Waals surface area contributed by atoms with Gasteiger partial charge in [-0.2, -0.15) is 0 Å². The van der Waals surface area contributed by atoms with Crippen molar-refractivity contribution in [3.63, 3.8) is 0 Å². The Kier molecular flexibility index (Phi) is 5.14. The molecule has 0 spiro atoms. The van der Waals surface area contributed by atoms with Gasteiger partial charge >= 0.3 is 0 Å². The van der Waals surface area contributed by atoms with Crippen molar-refractivity contribution in [2.75, 3.05) is 24.6 Å². The van der Waals surface area contributed by atoms with Gasteiger partial charge in [-0.15, -0.1) is 0 Å². The highest BCUT2D eigenvalue weighted by molar-refractivity contribution is 7.91. The molecular formula is C16H25NO4S. The van der Waals surface area contributed by atoms with Gasteiger partial charge in [0.15, 0.2) is 9.84 Å². The molecule has 1 aromatic carbocycles. The van der Waals surface area contributed by atoms with Crippen molar-refractivity contribution >= 4 is 9.84 Å². The van der Waals surface area contributed by atoms with E-state index in [9.17, 15) is 18.6 Å². The Bertz CT molecular complexity index is 600. The summed E-state index contributed by atoms with van der Waals surface area (Å²) in [5, 5.41) is 20.3. The molecule has 2 N–H and O–H groups in total. The number of phenols is 1. The van der Waals surface area contributed by atoms with Gasteiger partial charge in [-0.25, -0.2) is 8.42 Å². The van der Waals surface area contributed by atoms with Crippen LogP contribution < -0.4 is 0 Å². The number of phenolic OH excluding ortho intramolecular Hbond substituents is 1. The molecule has 6 heteroatoms. The summed E-state index contributed by atoms with van der Waals surface area (Å²) in [5.74, 6) is 0.339. The molecule has 1 fully saturated rings. The summed E-state index contributed by atoms with van der Waals surface area (Å²) >= 11 is 0. The summed E-state index contributed by atoms with van der Waals surface area (Å²) in [4.78, 5) is 2.12. The van der Waals surface area contributed by atoms with E-state index >= 15 is 0 Å². The Morgan fingerprint density at radius 2 is 1.95 bits per heavy atom. The summed E-state index contributed by atoms with van der Waals surface area (Å²) < 4.78 is 23.1. The minimum absolute atomic E-state index is 0.0414. The maximum absolute atomic E-state index is 11.5. The van der Waals surface area contributed by atoms with Gasteiger partial charge in [0.2, 0.25) is 0 Å². The highest BCUT2D eigenvalue weighted by atomic mass is 32.2. The lowest BCUT2D eigenvalue weighted by molar-refractivity contribution is -0.0135. The number of nitrogens with zero attached hydrogens (tertiary/aromatic N) is 1. The molecular weight excluding hydrogens is 302 g/mol. The molecule has 1 aliphatic heterocycles. The van der Waals surface area contributed by atoms with Crippen molar-refractivity contribution in [2.24, 2.45) is 0 Å². The molecule has 0 saturated carbocycles. The fourth-order valence-electron chi connectivity index (χ4n) is 2.97. The Balaban J connectivity index is 2.09. The molecule has 1 saturated heterocycles. The number of aromatic hydroxyl groups is 1. The number of rotatable bonds is 5. The molecule has 5 nitrogen and oxygen atoms in total. The Morgan fingerprint density at radius 3 is 2.50 bits per heavy atom. The number of hydrogen-bond acceptors (Lipinski definition) is 5. The van der Waals surface area contributed by atoms with Gasteiger partial charge < -0.3 is 10.2 Å². The van der Waals surface area contributed by atoms with E-state index in [2.05, 4.69) is 4.90 Å². The van der Waals surface area contributed by atoms with Crippen LogP contribution in [0.25, 0.3) is 0 Å². The quantitative estimate of drug-likeness (QED) is 0.861. The second-order valence-electron chi connectivity index (χ2n) is 6.21. The van der Waals surface area contributed by atoms with Crippen LogP contribution in [0.2, 0.25) is 0 Å². The zero-order valence-electron chi connectivity index (χ0n) is 13.2. The van der Waals surface area contributed by atoms with Crippen LogP contribution in [-0.2, 0) is 9.84 Å². The van der Waals surface area contributed by atoms with Crippen LogP contribution in [0.5, 0.6) is 5.75 Å². The third-order valence-corrected chi connectivity index (χ3v) is 6.21. The molecule has 0 bridgehead atoms. The third-order valence-electron chi connectivity index (χ3n) is 4.56. The van der Waals surface area contributed by atoms with E-state index in [-0.39, 0.29) is 23.3 Å². The first-order valence-electron chi connectivity index (χ1n) is 7.70. The molecule has 0 amide bonds.